The van der Waals surface area contributed by atoms with Crippen LogP contribution in [-0.2, 0) is 0 Å². The average molecular weight is 303 g/mol. The quantitative estimate of drug-likeness (QED) is 0.399. The molecule has 0 aliphatic rings. The molecule has 106 valence electrons. The first-order valence-corrected chi connectivity index (χ1v) is 7.47. The molecule has 0 saturated carbocycles. The van der Waals surface area contributed by atoms with Gasteiger partial charge in [0.2, 0.25) is 0 Å². The van der Waals surface area contributed by atoms with E-state index in [4.69, 9.17) is 27.9 Å². The van der Waals surface area contributed by atoms with Crippen molar-refractivity contribution in [3.63, 3.8) is 0 Å². The summed E-state index contributed by atoms with van der Waals surface area (Å²) in [6, 6.07) is 3.50. The van der Waals surface area contributed by atoms with E-state index in [-0.39, 0.29) is 17.6 Å². The number of ether oxygens (including phenoxy) is 1. The molecule has 1 rings (SSSR count). The van der Waals surface area contributed by atoms with E-state index in [1.54, 1.807) is 6.07 Å². The lowest BCUT2D eigenvalue weighted by atomic mass is 9.97. The van der Waals surface area contributed by atoms with Crippen molar-refractivity contribution in [2.75, 3.05) is 12.5 Å². The summed E-state index contributed by atoms with van der Waals surface area (Å²) >= 11 is 11.7. The molecule has 0 fully saturated rings. The van der Waals surface area contributed by atoms with Crippen LogP contribution in [0.3, 0.4) is 0 Å². The van der Waals surface area contributed by atoms with Gasteiger partial charge in [-0.3, -0.25) is 4.79 Å². The van der Waals surface area contributed by atoms with Crippen molar-refractivity contribution in [1.82, 2.24) is 0 Å². The Morgan fingerprint density at radius 1 is 1.37 bits per heavy atom. The number of rotatable bonds is 7. The first-order valence-electron chi connectivity index (χ1n) is 6.56. The van der Waals surface area contributed by atoms with Crippen molar-refractivity contribution < 1.29 is 9.53 Å². The van der Waals surface area contributed by atoms with E-state index in [1.165, 1.54) is 0 Å². The summed E-state index contributed by atoms with van der Waals surface area (Å²) in [6.07, 6.45) is 2.00. The predicted octanol–water partition coefficient (Wildman–Crippen LogP) is 5.06. The predicted molar refractivity (Wildman–Crippen MR) is 81.0 cm³/mol. The van der Waals surface area contributed by atoms with Gasteiger partial charge in [0.25, 0.3) is 0 Å². The smallest absolute Gasteiger partial charge is 0.181 e. The molecule has 0 atom stereocenters. The van der Waals surface area contributed by atoms with Crippen LogP contribution in [0.2, 0.25) is 5.02 Å². The minimum atomic E-state index is -0.155. The zero-order valence-corrected chi connectivity index (χ0v) is 13.1. The molecule has 0 aromatic heterocycles. The molecular weight excluding hydrogens is 283 g/mol. The summed E-state index contributed by atoms with van der Waals surface area (Å²) in [5.74, 6) is 0.649. The van der Waals surface area contributed by atoms with Gasteiger partial charge in [-0.2, -0.15) is 0 Å². The van der Waals surface area contributed by atoms with Crippen molar-refractivity contribution in [1.29, 1.82) is 0 Å². The van der Waals surface area contributed by atoms with Crippen LogP contribution >= 0.6 is 23.2 Å². The van der Waals surface area contributed by atoms with Gasteiger partial charge in [0.15, 0.2) is 5.78 Å². The average Bonchev–Trinajstić information content (AvgIpc) is 2.38. The Balaban J connectivity index is 3.22. The van der Waals surface area contributed by atoms with Gasteiger partial charge in [0, 0.05) is 5.02 Å². The number of ketones is 1. The molecule has 0 aliphatic carbocycles. The van der Waals surface area contributed by atoms with Crippen LogP contribution in [-0.4, -0.2) is 18.3 Å². The maximum atomic E-state index is 11.9. The number of carbonyl (C=O) groups excluding carboxylic acids is 1. The van der Waals surface area contributed by atoms with E-state index in [9.17, 15) is 4.79 Å². The first-order chi connectivity index (χ1) is 9.01. The standard InChI is InChI=1S/C15H20Cl2O2/c1-4-5-6-19-15-12(10(2)3)7-11(17)8-13(15)14(18)9-16/h7-8,10H,4-6,9H2,1-3H3. The molecule has 0 aliphatic heterocycles. The van der Waals surface area contributed by atoms with Crippen molar-refractivity contribution in [2.24, 2.45) is 0 Å². The molecule has 4 heteroatoms. The van der Waals surface area contributed by atoms with Gasteiger partial charge in [0.05, 0.1) is 18.1 Å². The Morgan fingerprint density at radius 2 is 2.05 bits per heavy atom. The Hall–Kier alpha value is -0.730. The van der Waals surface area contributed by atoms with Gasteiger partial charge in [-0.25, -0.2) is 0 Å². The lowest BCUT2D eigenvalue weighted by Crippen LogP contribution is -2.09. The highest BCUT2D eigenvalue weighted by Gasteiger charge is 2.19. The molecule has 0 amide bonds. The van der Waals surface area contributed by atoms with Gasteiger partial charge in [-0.05, 0) is 30.0 Å². The number of Topliss-reactive ketones (excluding diaryl/α,β-unsaturated/α-hetero) is 1. The van der Waals surface area contributed by atoms with E-state index in [2.05, 4.69) is 6.92 Å². The van der Waals surface area contributed by atoms with E-state index in [0.717, 1.165) is 18.4 Å². The van der Waals surface area contributed by atoms with Crippen LogP contribution < -0.4 is 4.74 Å². The molecule has 0 saturated heterocycles. The number of benzene rings is 1. The van der Waals surface area contributed by atoms with Crippen LogP contribution in [0.1, 0.15) is 55.5 Å². The van der Waals surface area contributed by atoms with Gasteiger partial charge in [-0.1, -0.05) is 38.8 Å². The van der Waals surface area contributed by atoms with Crippen LogP contribution in [0, 0.1) is 0 Å². The topological polar surface area (TPSA) is 26.3 Å². The van der Waals surface area contributed by atoms with Crippen LogP contribution in [0.4, 0.5) is 0 Å². The Morgan fingerprint density at radius 3 is 2.58 bits per heavy atom. The second kappa shape index (κ2) is 7.76. The molecular formula is C15H20Cl2O2. The maximum absolute atomic E-state index is 11.9. The molecule has 2 nitrogen and oxygen atoms in total. The van der Waals surface area contributed by atoms with Gasteiger partial charge < -0.3 is 4.74 Å². The molecule has 0 N–H and O–H groups in total. The fourth-order valence-corrected chi connectivity index (χ4v) is 2.17. The second-order valence-electron chi connectivity index (χ2n) is 4.79. The fourth-order valence-electron chi connectivity index (χ4n) is 1.80. The highest BCUT2D eigenvalue weighted by Crippen LogP contribution is 2.34. The van der Waals surface area contributed by atoms with Crippen molar-refractivity contribution in [3.8, 4) is 5.75 Å². The number of alkyl halides is 1. The monoisotopic (exact) mass is 302 g/mol. The fraction of sp³-hybridized carbons (Fsp3) is 0.533. The van der Waals surface area contributed by atoms with Crippen LogP contribution in [0.5, 0.6) is 5.75 Å². The number of unbranched alkanes of at least 4 members (excludes halogenated alkanes) is 1. The third-order valence-electron chi connectivity index (χ3n) is 2.87. The van der Waals surface area contributed by atoms with Gasteiger partial charge in [0.1, 0.15) is 5.75 Å². The van der Waals surface area contributed by atoms with E-state index < -0.39 is 0 Å². The Bertz CT molecular complexity index is 442. The molecule has 0 heterocycles. The molecule has 1 aromatic rings. The van der Waals surface area contributed by atoms with Crippen LogP contribution in [0.15, 0.2) is 12.1 Å². The molecule has 0 bridgehead atoms. The first kappa shape index (κ1) is 16.3. The molecule has 1 aromatic carbocycles. The number of halogens is 2. The maximum Gasteiger partial charge on any atom is 0.181 e. The van der Waals surface area contributed by atoms with Crippen LogP contribution in [0.25, 0.3) is 0 Å². The summed E-state index contributed by atoms with van der Waals surface area (Å²) in [4.78, 5) is 11.9. The zero-order chi connectivity index (χ0) is 14.4. The summed E-state index contributed by atoms with van der Waals surface area (Å²) < 4.78 is 5.81. The minimum Gasteiger partial charge on any atom is -0.493 e. The number of hydrogen-bond acceptors (Lipinski definition) is 2. The summed E-state index contributed by atoms with van der Waals surface area (Å²) in [5.41, 5.74) is 1.44. The SMILES string of the molecule is CCCCOc1c(C(=O)CCl)cc(Cl)cc1C(C)C. The zero-order valence-electron chi connectivity index (χ0n) is 11.6. The molecule has 0 radical (unpaired) electrons. The lowest BCUT2D eigenvalue weighted by molar-refractivity contribution is 0.101. The largest absolute Gasteiger partial charge is 0.493 e. The number of carbonyl (C=O) groups is 1. The van der Waals surface area contributed by atoms with E-state index in [1.807, 2.05) is 19.9 Å². The molecule has 0 spiro atoms. The minimum absolute atomic E-state index is 0.0674. The molecule has 0 unspecified atom stereocenters. The third kappa shape index (κ3) is 4.39. The Kier molecular flexibility index (Phi) is 6.67. The van der Waals surface area contributed by atoms with E-state index >= 15 is 0 Å². The highest BCUT2D eigenvalue weighted by atomic mass is 35.5. The van der Waals surface area contributed by atoms with E-state index in [0.29, 0.717) is 22.9 Å². The number of hydrogen-bond donors (Lipinski definition) is 0. The highest BCUT2D eigenvalue weighted by molar-refractivity contribution is 6.33. The molecule has 19 heavy (non-hydrogen) atoms. The summed E-state index contributed by atoms with van der Waals surface area (Å²) in [5, 5.41) is 0.542. The lowest BCUT2D eigenvalue weighted by Gasteiger charge is -2.17. The van der Waals surface area contributed by atoms with Gasteiger partial charge >= 0.3 is 0 Å². The summed E-state index contributed by atoms with van der Waals surface area (Å²) in [6.45, 7) is 6.79. The normalized spacial score (nSPS) is 10.8. The van der Waals surface area contributed by atoms with Crippen molar-refractivity contribution in [3.05, 3.63) is 28.3 Å². The van der Waals surface area contributed by atoms with Crippen molar-refractivity contribution >= 4 is 29.0 Å². The Labute approximate surface area is 125 Å². The summed E-state index contributed by atoms with van der Waals surface area (Å²) in [7, 11) is 0. The van der Waals surface area contributed by atoms with Gasteiger partial charge in [-0.15, -0.1) is 11.6 Å². The second-order valence-corrected chi connectivity index (χ2v) is 5.49. The van der Waals surface area contributed by atoms with Crippen molar-refractivity contribution in [2.45, 2.75) is 39.5 Å². The third-order valence-corrected chi connectivity index (χ3v) is 3.33.